The first-order valence-corrected chi connectivity index (χ1v) is 6.25. The molecule has 0 radical (unpaired) electrons. The third-order valence-corrected chi connectivity index (χ3v) is 3.22. The fourth-order valence-electron chi connectivity index (χ4n) is 1.63. The van der Waals surface area contributed by atoms with Crippen molar-refractivity contribution >= 4 is 11.6 Å². The highest BCUT2D eigenvalue weighted by molar-refractivity contribution is 6.32. The minimum absolute atomic E-state index is 0.0705. The molecule has 0 saturated heterocycles. The minimum Gasteiger partial charge on any atom is -0.493 e. The summed E-state index contributed by atoms with van der Waals surface area (Å²) in [6, 6.07) is 3.66. The maximum absolute atomic E-state index is 6.20. The number of nitrogens with two attached hydrogens (primary N) is 1. The van der Waals surface area contributed by atoms with Crippen molar-refractivity contribution in [2.24, 2.45) is 11.7 Å². The Hall–Kier alpha value is -0.930. The van der Waals surface area contributed by atoms with Crippen molar-refractivity contribution < 1.29 is 9.47 Å². The van der Waals surface area contributed by atoms with Gasteiger partial charge in [0.15, 0.2) is 11.5 Å². The first-order valence-electron chi connectivity index (χ1n) is 5.87. The molecule has 0 aromatic heterocycles. The van der Waals surface area contributed by atoms with Crippen LogP contribution in [0.1, 0.15) is 31.4 Å². The number of halogens is 1. The van der Waals surface area contributed by atoms with Crippen LogP contribution < -0.4 is 15.2 Å². The zero-order valence-electron chi connectivity index (χ0n) is 10.2. The van der Waals surface area contributed by atoms with Gasteiger partial charge in [0.05, 0.1) is 18.7 Å². The molecule has 0 heterocycles. The van der Waals surface area contributed by atoms with Gasteiger partial charge in [0.1, 0.15) is 0 Å². The van der Waals surface area contributed by atoms with Gasteiger partial charge < -0.3 is 15.2 Å². The van der Waals surface area contributed by atoms with Crippen LogP contribution in [0.15, 0.2) is 12.1 Å². The quantitative estimate of drug-likeness (QED) is 0.879. The molecular formula is C13H18ClNO2. The normalized spacial score (nSPS) is 16.7. The topological polar surface area (TPSA) is 44.5 Å². The van der Waals surface area contributed by atoms with Crippen LogP contribution in [0, 0.1) is 5.92 Å². The number of ether oxygens (including phenoxy) is 2. The number of hydrogen-bond acceptors (Lipinski definition) is 3. The van der Waals surface area contributed by atoms with E-state index in [2.05, 4.69) is 0 Å². The van der Waals surface area contributed by atoms with E-state index in [1.54, 1.807) is 7.11 Å². The summed E-state index contributed by atoms with van der Waals surface area (Å²) in [5.41, 5.74) is 6.78. The second-order valence-corrected chi connectivity index (χ2v) is 4.98. The van der Waals surface area contributed by atoms with Crippen LogP contribution in [0.3, 0.4) is 0 Å². The molecule has 1 saturated carbocycles. The monoisotopic (exact) mass is 255 g/mol. The van der Waals surface area contributed by atoms with E-state index in [4.69, 9.17) is 26.8 Å². The Kier molecular flexibility index (Phi) is 3.79. The molecule has 1 aromatic carbocycles. The molecule has 1 fully saturated rings. The number of methoxy groups -OCH3 is 1. The number of benzene rings is 1. The van der Waals surface area contributed by atoms with Crippen LogP contribution in [0.2, 0.25) is 5.02 Å². The zero-order valence-corrected chi connectivity index (χ0v) is 11.0. The van der Waals surface area contributed by atoms with Crippen LogP contribution in [-0.4, -0.2) is 13.7 Å². The molecule has 0 aliphatic heterocycles. The Bertz CT molecular complexity index is 403. The lowest BCUT2D eigenvalue weighted by atomic mass is 10.1. The molecule has 17 heavy (non-hydrogen) atoms. The minimum atomic E-state index is -0.0705. The van der Waals surface area contributed by atoms with E-state index in [0.29, 0.717) is 29.0 Å². The lowest BCUT2D eigenvalue weighted by Gasteiger charge is -2.15. The highest BCUT2D eigenvalue weighted by Crippen LogP contribution is 2.39. The Labute approximate surface area is 107 Å². The van der Waals surface area contributed by atoms with Gasteiger partial charge in [-0.2, -0.15) is 0 Å². The smallest absolute Gasteiger partial charge is 0.179 e. The maximum Gasteiger partial charge on any atom is 0.179 e. The summed E-state index contributed by atoms with van der Waals surface area (Å²) in [5, 5.41) is 0.567. The second kappa shape index (κ2) is 5.15. The molecular weight excluding hydrogens is 238 g/mol. The van der Waals surface area contributed by atoms with Crippen LogP contribution in [0.25, 0.3) is 0 Å². The van der Waals surface area contributed by atoms with Gasteiger partial charge in [-0.05, 0) is 43.4 Å². The largest absolute Gasteiger partial charge is 0.493 e. The van der Waals surface area contributed by atoms with E-state index in [1.807, 2.05) is 19.1 Å². The lowest BCUT2D eigenvalue weighted by Crippen LogP contribution is -2.07. The molecule has 94 valence electrons. The molecule has 1 aliphatic rings. The summed E-state index contributed by atoms with van der Waals surface area (Å²) in [6.45, 7) is 2.63. The maximum atomic E-state index is 6.20. The van der Waals surface area contributed by atoms with Gasteiger partial charge in [0, 0.05) is 6.04 Å². The Morgan fingerprint density at radius 1 is 1.47 bits per heavy atom. The van der Waals surface area contributed by atoms with E-state index in [9.17, 15) is 0 Å². The Balaban J connectivity index is 2.22. The van der Waals surface area contributed by atoms with Crippen molar-refractivity contribution in [3.05, 3.63) is 22.7 Å². The predicted molar refractivity (Wildman–Crippen MR) is 68.8 cm³/mol. The predicted octanol–water partition coefficient (Wildman–Crippen LogP) is 3.16. The fourth-order valence-corrected chi connectivity index (χ4v) is 1.90. The third-order valence-electron chi connectivity index (χ3n) is 2.94. The van der Waals surface area contributed by atoms with Gasteiger partial charge in [-0.15, -0.1) is 0 Å². The summed E-state index contributed by atoms with van der Waals surface area (Å²) in [4.78, 5) is 0. The highest BCUT2D eigenvalue weighted by Gasteiger charge is 2.23. The van der Waals surface area contributed by atoms with Crippen LogP contribution in [-0.2, 0) is 0 Å². The first kappa shape index (κ1) is 12.5. The van der Waals surface area contributed by atoms with Gasteiger partial charge in [-0.25, -0.2) is 0 Å². The Morgan fingerprint density at radius 3 is 2.71 bits per heavy atom. The fraction of sp³-hybridized carbons (Fsp3) is 0.538. The van der Waals surface area contributed by atoms with Crippen molar-refractivity contribution in [2.45, 2.75) is 25.8 Å². The number of hydrogen-bond donors (Lipinski definition) is 1. The molecule has 1 unspecified atom stereocenters. The van der Waals surface area contributed by atoms with Crippen molar-refractivity contribution in [3.8, 4) is 11.5 Å². The first-order chi connectivity index (χ1) is 8.11. The average Bonchev–Trinajstić information content (AvgIpc) is 3.10. The van der Waals surface area contributed by atoms with E-state index in [1.165, 1.54) is 12.8 Å². The third kappa shape index (κ3) is 3.05. The summed E-state index contributed by atoms with van der Waals surface area (Å²) < 4.78 is 11.0. The van der Waals surface area contributed by atoms with Gasteiger partial charge >= 0.3 is 0 Å². The Morgan fingerprint density at radius 2 is 2.18 bits per heavy atom. The summed E-state index contributed by atoms with van der Waals surface area (Å²) in [7, 11) is 1.61. The van der Waals surface area contributed by atoms with Gasteiger partial charge in [0.2, 0.25) is 0 Å². The standard InChI is InChI=1S/C13H18ClNO2/c1-8(15)10-5-11(14)13(12(6-10)16-2)17-7-9-3-4-9/h5-6,8-9H,3-4,7,15H2,1-2H3. The lowest BCUT2D eigenvalue weighted by molar-refractivity contribution is 0.280. The highest BCUT2D eigenvalue weighted by atomic mass is 35.5. The SMILES string of the molecule is COc1cc(C(C)N)cc(Cl)c1OCC1CC1. The van der Waals surface area contributed by atoms with Crippen LogP contribution in [0.5, 0.6) is 11.5 Å². The van der Waals surface area contributed by atoms with Gasteiger partial charge in [-0.3, -0.25) is 0 Å². The number of rotatable bonds is 5. The van der Waals surface area contributed by atoms with E-state index < -0.39 is 0 Å². The van der Waals surface area contributed by atoms with E-state index in [-0.39, 0.29) is 6.04 Å². The zero-order chi connectivity index (χ0) is 12.4. The van der Waals surface area contributed by atoms with Crippen molar-refractivity contribution in [1.29, 1.82) is 0 Å². The molecule has 0 amide bonds. The molecule has 1 aromatic rings. The second-order valence-electron chi connectivity index (χ2n) is 4.58. The molecule has 3 nitrogen and oxygen atoms in total. The molecule has 2 N–H and O–H groups in total. The molecule has 0 bridgehead atoms. The van der Waals surface area contributed by atoms with Crippen molar-refractivity contribution in [1.82, 2.24) is 0 Å². The van der Waals surface area contributed by atoms with Gasteiger partial charge in [0.25, 0.3) is 0 Å². The van der Waals surface area contributed by atoms with Crippen LogP contribution in [0.4, 0.5) is 0 Å². The van der Waals surface area contributed by atoms with Gasteiger partial charge in [-0.1, -0.05) is 11.6 Å². The molecule has 4 heteroatoms. The molecule has 1 atom stereocenters. The molecule has 2 rings (SSSR count). The summed E-state index contributed by atoms with van der Waals surface area (Å²) in [6.07, 6.45) is 2.50. The summed E-state index contributed by atoms with van der Waals surface area (Å²) >= 11 is 6.20. The van der Waals surface area contributed by atoms with Crippen molar-refractivity contribution in [3.63, 3.8) is 0 Å². The summed E-state index contributed by atoms with van der Waals surface area (Å²) in [5.74, 6) is 1.97. The molecule has 0 spiro atoms. The van der Waals surface area contributed by atoms with Crippen molar-refractivity contribution in [2.75, 3.05) is 13.7 Å². The van der Waals surface area contributed by atoms with Crippen LogP contribution >= 0.6 is 11.6 Å². The van der Waals surface area contributed by atoms with E-state index in [0.717, 1.165) is 5.56 Å². The average molecular weight is 256 g/mol. The molecule has 1 aliphatic carbocycles. The van der Waals surface area contributed by atoms with E-state index >= 15 is 0 Å².